The van der Waals surface area contributed by atoms with Gasteiger partial charge in [0.25, 0.3) is 5.91 Å². The first-order valence-corrected chi connectivity index (χ1v) is 10.0. The van der Waals surface area contributed by atoms with Crippen LogP contribution in [0.2, 0.25) is 0 Å². The molecular formula is C25H24N2O6. The molecule has 0 heterocycles. The van der Waals surface area contributed by atoms with Crippen LogP contribution in [0.5, 0.6) is 11.5 Å². The lowest BCUT2D eigenvalue weighted by atomic mass is 9.85. The lowest BCUT2D eigenvalue weighted by Crippen LogP contribution is -2.43. The van der Waals surface area contributed by atoms with E-state index in [2.05, 4.69) is 15.3 Å². The van der Waals surface area contributed by atoms with Gasteiger partial charge in [-0.05, 0) is 34.9 Å². The summed E-state index contributed by atoms with van der Waals surface area (Å²) in [5.74, 6) is -0.498. The molecule has 2 N–H and O–H groups in total. The highest BCUT2D eigenvalue weighted by atomic mass is 16.6. The normalized spacial score (nSPS) is 11.1. The number of methoxy groups -OCH3 is 2. The van der Waals surface area contributed by atoms with E-state index in [0.717, 1.165) is 0 Å². The van der Waals surface area contributed by atoms with Gasteiger partial charge >= 0.3 is 5.97 Å². The van der Waals surface area contributed by atoms with Crippen LogP contribution in [-0.2, 0) is 19.9 Å². The summed E-state index contributed by atoms with van der Waals surface area (Å²) < 4.78 is 15.2. The zero-order valence-corrected chi connectivity index (χ0v) is 18.2. The van der Waals surface area contributed by atoms with Crippen LogP contribution in [0.15, 0.2) is 84.0 Å². The molecule has 3 aromatic rings. The summed E-state index contributed by atoms with van der Waals surface area (Å²) in [4.78, 5) is 24.3. The first-order chi connectivity index (χ1) is 16.0. The summed E-state index contributed by atoms with van der Waals surface area (Å²) in [7, 11) is 2.73. The van der Waals surface area contributed by atoms with Gasteiger partial charge in [-0.2, -0.15) is 5.10 Å². The number of ether oxygens (including phenoxy) is 3. The Morgan fingerprint density at radius 1 is 0.939 bits per heavy atom. The number of amides is 1. The molecule has 1 amide bonds. The second-order valence-corrected chi connectivity index (χ2v) is 6.92. The van der Waals surface area contributed by atoms with Crippen molar-refractivity contribution < 1.29 is 28.9 Å². The smallest absolute Gasteiger partial charge is 0.343 e. The number of hydrogen-bond donors (Lipinski definition) is 2. The van der Waals surface area contributed by atoms with Gasteiger partial charge < -0.3 is 19.3 Å². The van der Waals surface area contributed by atoms with Crippen molar-refractivity contribution in [2.75, 3.05) is 20.8 Å². The van der Waals surface area contributed by atoms with Gasteiger partial charge in [0, 0.05) is 0 Å². The number of nitrogens with one attached hydrogen (secondary N) is 1. The Labute approximate surface area is 191 Å². The van der Waals surface area contributed by atoms with Crippen molar-refractivity contribution in [1.29, 1.82) is 0 Å². The third-order valence-corrected chi connectivity index (χ3v) is 4.85. The number of rotatable bonds is 9. The standard InChI is InChI=1S/C25H24N2O6/c1-31-22-15-18(13-14-21(22)33-17-23(28)32-2)16-26-27-24(29)25(30,19-9-5-3-6-10-19)20-11-7-4-8-12-20/h3-16,30H,17H2,1-2H3,(H,27,29). The molecule has 0 spiro atoms. The second-order valence-electron chi connectivity index (χ2n) is 6.92. The highest BCUT2D eigenvalue weighted by Gasteiger charge is 2.39. The summed E-state index contributed by atoms with van der Waals surface area (Å²) in [6, 6.07) is 22.2. The molecule has 8 nitrogen and oxygen atoms in total. The predicted octanol–water partition coefficient (Wildman–Crippen LogP) is 2.63. The van der Waals surface area contributed by atoms with E-state index in [9.17, 15) is 14.7 Å². The van der Waals surface area contributed by atoms with E-state index in [-0.39, 0.29) is 6.61 Å². The third kappa shape index (κ3) is 5.55. The highest BCUT2D eigenvalue weighted by molar-refractivity contribution is 5.91. The van der Waals surface area contributed by atoms with Crippen molar-refractivity contribution in [1.82, 2.24) is 5.43 Å². The van der Waals surface area contributed by atoms with Gasteiger partial charge in [-0.25, -0.2) is 10.2 Å². The van der Waals surface area contributed by atoms with Gasteiger partial charge in [0.2, 0.25) is 0 Å². The second kappa shape index (κ2) is 10.9. The molecule has 0 aliphatic heterocycles. The van der Waals surface area contributed by atoms with Crippen molar-refractivity contribution in [3.8, 4) is 11.5 Å². The molecule has 0 saturated heterocycles. The molecule has 0 fully saturated rings. The number of aliphatic hydroxyl groups is 1. The van der Waals surface area contributed by atoms with E-state index in [1.807, 2.05) is 0 Å². The molecule has 0 aliphatic carbocycles. The molecule has 0 unspecified atom stereocenters. The maximum Gasteiger partial charge on any atom is 0.343 e. The van der Waals surface area contributed by atoms with Crippen LogP contribution in [-0.4, -0.2) is 44.0 Å². The minimum Gasteiger partial charge on any atom is -0.493 e. The number of hydrogen-bond acceptors (Lipinski definition) is 7. The lowest BCUT2D eigenvalue weighted by Gasteiger charge is -2.27. The summed E-state index contributed by atoms with van der Waals surface area (Å²) in [5, 5.41) is 15.4. The number of esters is 1. The summed E-state index contributed by atoms with van der Waals surface area (Å²) in [6.45, 7) is -0.256. The fourth-order valence-electron chi connectivity index (χ4n) is 3.11. The summed E-state index contributed by atoms with van der Waals surface area (Å²) >= 11 is 0. The van der Waals surface area contributed by atoms with Crippen molar-refractivity contribution >= 4 is 18.1 Å². The minimum atomic E-state index is -1.93. The SMILES string of the molecule is COC(=O)COc1ccc(C=NNC(=O)C(O)(c2ccccc2)c2ccccc2)cc1OC. The van der Waals surface area contributed by atoms with E-state index in [1.54, 1.807) is 78.9 Å². The molecule has 0 saturated carbocycles. The fraction of sp³-hybridized carbons (Fsp3) is 0.160. The average molecular weight is 448 g/mol. The molecule has 3 aromatic carbocycles. The number of carbonyl (C=O) groups excluding carboxylic acids is 2. The Bertz CT molecular complexity index is 1080. The van der Waals surface area contributed by atoms with Crippen LogP contribution in [0.4, 0.5) is 0 Å². The van der Waals surface area contributed by atoms with Crippen LogP contribution < -0.4 is 14.9 Å². The van der Waals surface area contributed by atoms with Crippen molar-refractivity contribution in [3.05, 3.63) is 95.6 Å². The van der Waals surface area contributed by atoms with Crippen LogP contribution >= 0.6 is 0 Å². The third-order valence-electron chi connectivity index (χ3n) is 4.85. The topological polar surface area (TPSA) is 106 Å². The number of carbonyl (C=O) groups is 2. The van der Waals surface area contributed by atoms with Gasteiger partial charge in [-0.15, -0.1) is 0 Å². The lowest BCUT2D eigenvalue weighted by molar-refractivity contribution is -0.143. The molecule has 0 radical (unpaired) electrons. The number of nitrogens with zero attached hydrogens (tertiary/aromatic N) is 1. The largest absolute Gasteiger partial charge is 0.493 e. The highest BCUT2D eigenvalue weighted by Crippen LogP contribution is 2.30. The van der Waals surface area contributed by atoms with Gasteiger partial charge in [0.1, 0.15) is 0 Å². The molecule has 0 aromatic heterocycles. The number of benzene rings is 3. The van der Waals surface area contributed by atoms with Gasteiger partial charge in [-0.3, -0.25) is 4.79 Å². The van der Waals surface area contributed by atoms with E-state index < -0.39 is 17.5 Å². The summed E-state index contributed by atoms with van der Waals surface area (Å²) in [5.41, 5.74) is 1.92. The molecule has 33 heavy (non-hydrogen) atoms. The van der Waals surface area contributed by atoms with Crippen molar-refractivity contribution in [3.63, 3.8) is 0 Å². The first-order valence-electron chi connectivity index (χ1n) is 10.0. The van der Waals surface area contributed by atoms with Crippen LogP contribution in [0.3, 0.4) is 0 Å². The zero-order valence-electron chi connectivity index (χ0n) is 18.2. The minimum absolute atomic E-state index is 0.256. The van der Waals surface area contributed by atoms with Crippen LogP contribution in [0, 0.1) is 0 Å². The van der Waals surface area contributed by atoms with E-state index in [1.165, 1.54) is 20.4 Å². The Morgan fingerprint density at radius 2 is 1.55 bits per heavy atom. The predicted molar refractivity (Wildman–Crippen MR) is 122 cm³/mol. The molecule has 0 atom stereocenters. The zero-order chi connectivity index (χ0) is 23.7. The molecule has 8 heteroatoms. The Morgan fingerprint density at radius 3 is 2.09 bits per heavy atom. The first kappa shape index (κ1) is 23.5. The van der Waals surface area contributed by atoms with Crippen LogP contribution in [0.25, 0.3) is 0 Å². The van der Waals surface area contributed by atoms with E-state index >= 15 is 0 Å². The Kier molecular flexibility index (Phi) is 7.77. The maximum absolute atomic E-state index is 13.0. The molecule has 0 bridgehead atoms. The van der Waals surface area contributed by atoms with Crippen molar-refractivity contribution in [2.24, 2.45) is 5.10 Å². The van der Waals surface area contributed by atoms with Crippen LogP contribution in [0.1, 0.15) is 16.7 Å². The fourth-order valence-corrected chi connectivity index (χ4v) is 3.11. The maximum atomic E-state index is 13.0. The molecule has 0 aliphatic rings. The molecule has 170 valence electrons. The number of hydrazone groups is 1. The van der Waals surface area contributed by atoms with Gasteiger partial charge in [0.05, 0.1) is 20.4 Å². The summed E-state index contributed by atoms with van der Waals surface area (Å²) in [6.07, 6.45) is 1.40. The molecule has 3 rings (SSSR count). The van der Waals surface area contributed by atoms with Gasteiger partial charge in [0.15, 0.2) is 23.7 Å². The monoisotopic (exact) mass is 448 g/mol. The van der Waals surface area contributed by atoms with Crippen molar-refractivity contribution in [2.45, 2.75) is 5.60 Å². The van der Waals surface area contributed by atoms with E-state index in [0.29, 0.717) is 28.2 Å². The Hall–Kier alpha value is -4.17. The molecular weight excluding hydrogens is 424 g/mol. The average Bonchev–Trinajstić information content (AvgIpc) is 2.87. The quantitative estimate of drug-likeness (QED) is 0.296. The Balaban J connectivity index is 1.78. The van der Waals surface area contributed by atoms with E-state index in [4.69, 9.17) is 9.47 Å². The van der Waals surface area contributed by atoms with Gasteiger partial charge in [-0.1, -0.05) is 60.7 Å².